The first-order valence-electron chi connectivity index (χ1n) is 9.73. The molecule has 0 spiro atoms. The van der Waals surface area contributed by atoms with Crippen molar-refractivity contribution in [3.63, 3.8) is 0 Å². The smallest absolute Gasteiger partial charge is 0.294 e. The molecule has 3 aromatic rings. The molecule has 1 fully saturated rings. The fourth-order valence-electron chi connectivity index (χ4n) is 3.00. The molecular formula is C24H16Cl2N2O3S2. The molecule has 33 heavy (non-hydrogen) atoms. The van der Waals surface area contributed by atoms with E-state index in [1.807, 2.05) is 48.5 Å². The van der Waals surface area contributed by atoms with E-state index in [1.165, 1.54) is 11.8 Å². The molecule has 1 heterocycles. The van der Waals surface area contributed by atoms with Crippen LogP contribution in [-0.4, -0.2) is 28.5 Å². The van der Waals surface area contributed by atoms with Crippen molar-refractivity contribution >= 4 is 75.5 Å². The Balaban J connectivity index is 1.49. The standard InChI is InChI=1S/C24H16Cl2N2O3S2/c25-16-9-11-17(12-10-16)32-20-8-4-1-5-15(20)13-21-23(30)28(24(31)33-21)14-22(29)27-19-7-3-2-6-18(19)26/h1-13H,14H2,(H,27,29)/b21-13-. The van der Waals surface area contributed by atoms with E-state index in [1.54, 1.807) is 30.3 Å². The lowest BCUT2D eigenvalue weighted by Gasteiger charge is -2.13. The van der Waals surface area contributed by atoms with Gasteiger partial charge in [-0.25, -0.2) is 0 Å². The van der Waals surface area contributed by atoms with Crippen LogP contribution in [0.3, 0.4) is 0 Å². The highest BCUT2D eigenvalue weighted by Crippen LogP contribution is 2.36. The van der Waals surface area contributed by atoms with E-state index in [2.05, 4.69) is 5.32 Å². The number of benzene rings is 3. The first kappa shape index (κ1) is 23.4. The second-order valence-corrected chi connectivity index (χ2v) is 9.84. The van der Waals surface area contributed by atoms with Crippen LogP contribution in [0.5, 0.6) is 0 Å². The highest BCUT2D eigenvalue weighted by atomic mass is 35.5. The van der Waals surface area contributed by atoms with Crippen LogP contribution in [0, 0.1) is 0 Å². The van der Waals surface area contributed by atoms with Gasteiger partial charge in [0, 0.05) is 14.8 Å². The predicted molar refractivity (Wildman–Crippen MR) is 135 cm³/mol. The van der Waals surface area contributed by atoms with Crippen molar-refractivity contribution in [3.8, 4) is 0 Å². The molecule has 1 aliphatic heterocycles. The Bertz CT molecular complexity index is 1260. The Hall–Kier alpha value is -2.71. The van der Waals surface area contributed by atoms with Crippen molar-refractivity contribution in [3.05, 3.63) is 93.3 Å². The maximum absolute atomic E-state index is 12.9. The Morgan fingerprint density at radius 1 is 0.970 bits per heavy atom. The van der Waals surface area contributed by atoms with Gasteiger partial charge in [-0.15, -0.1) is 0 Å². The molecule has 3 amide bonds. The van der Waals surface area contributed by atoms with Gasteiger partial charge in [0.2, 0.25) is 5.91 Å². The van der Waals surface area contributed by atoms with Gasteiger partial charge in [0.15, 0.2) is 0 Å². The van der Waals surface area contributed by atoms with Crippen molar-refractivity contribution in [2.75, 3.05) is 11.9 Å². The zero-order valence-corrected chi connectivity index (χ0v) is 20.1. The number of nitrogens with one attached hydrogen (secondary N) is 1. The Morgan fingerprint density at radius 3 is 2.42 bits per heavy atom. The molecule has 3 aromatic carbocycles. The number of anilines is 1. The Labute approximate surface area is 209 Å². The van der Waals surface area contributed by atoms with E-state index in [0.29, 0.717) is 15.7 Å². The number of amides is 3. The number of para-hydroxylation sites is 1. The highest BCUT2D eigenvalue weighted by Gasteiger charge is 2.36. The fraction of sp³-hybridized carbons (Fsp3) is 0.0417. The van der Waals surface area contributed by atoms with Crippen LogP contribution in [0.25, 0.3) is 6.08 Å². The summed E-state index contributed by atoms with van der Waals surface area (Å²) in [7, 11) is 0. The largest absolute Gasteiger partial charge is 0.323 e. The number of carbonyl (C=O) groups is 3. The fourth-order valence-corrected chi connectivity index (χ4v) is 5.05. The number of imide groups is 1. The number of hydrogen-bond donors (Lipinski definition) is 1. The molecular weight excluding hydrogens is 499 g/mol. The van der Waals surface area contributed by atoms with Gasteiger partial charge in [-0.3, -0.25) is 19.3 Å². The van der Waals surface area contributed by atoms with E-state index < -0.39 is 23.6 Å². The summed E-state index contributed by atoms with van der Waals surface area (Å²) in [6, 6.07) is 21.8. The summed E-state index contributed by atoms with van der Waals surface area (Å²) < 4.78 is 0. The minimum Gasteiger partial charge on any atom is -0.323 e. The molecule has 1 saturated heterocycles. The van der Waals surface area contributed by atoms with Gasteiger partial charge in [0.1, 0.15) is 6.54 Å². The third-order valence-corrected chi connectivity index (χ3v) is 7.16. The van der Waals surface area contributed by atoms with Crippen molar-refractivity contribution < 1.29 is 14.4 Å². The lowest BCUT2D eigenvalue weighted by molar-refractivity contribution is -0.127. The second kappa shape index (κ2) is 10.5. The quantitative estimate of drug-likeness (QED) is 0.365. The molecule has 0 atom stereocenters. The van der Waals surface area contributed by atoms with Gasteiger partial charge >= 0.3 is 0 Å². The van der Waals surface area contributed by atoms with Crippen LogP contribution in [0.4, 0.5) is 10.5 Å². The predicted octanol–water partition coefficient (Wildman–Crippen LogP) is 6.82. The lowest BCUT2D eigenvalue weighted by atomic mass is 10.2. The number of thioether (sulfide) groups is 1. The summed E-state index contributed by atoms with van der Waals surface area (Å²) in [6.45, 7) is -0.394. The van der Waals surface area contributed by atoms with Crippen molar-refractivity contribution in [2.24, 2.45) is 0 Å². The van der Waals surface area contributed by atoms with E-state index in [4.69, 9.17) is 23.2 Å². The summed E-state index contributed by atoms with van der Waals surface area (Å²) in [4.78, 5) is 40.8. The van der Waals surface area contributed by atoms with Gasteiger partial charge < -0.3 is 5.32 Å². The molecule has 0 aromatic heterocycles. The van der Waals surface area contributed by atoms with Crippen LogP contribution in [-0.2, 0) is 9.59 Å². The molecule has 5 nitrogen and oxygen atoms in total. The number of halogens is 2. The number of nitrogens with zero attached hydrogens (tertiary/aromatic N) is 1. The van der Waals surface area contributed by atoms with Gasteiger partial charge in [-0.05, 0) is 65.9 Å². The van der Waals surface area contributed by atoms with E-state index in [-0.39, 0.29) is 4.91 Å². The maximum atomic E-state index is 12.9. The molecule has 1 N–H and O–H groups in total. The molecule has 0 aliphatic carbocycles. The summed E-state index contributed by atoms with van der Waals surface area (Å²) in [5.74, 6) is -1.02. The summed E-state index contributed by atoms with van der Waals surface area (Å²) in [6.07, 6.45) is 1.68. The monoisotopic (exact) mass is 514 g/mol. The Morgan fingerprint density at radius 2 is 1.67 bits per heavy atom. The van der Waals surface area contributed by atoms with Gasteiger partial charge in [0.25, 0.3) is 11.1 Å². The van der Waals surface area contributed by atoms with Gasteiger partial charge in [-0.2, -0.15) is 0 Å². The second-order valence-electron chi connectivity index (χ2n) is 6.89. The van der Waals surface area contributed by atoms with Crippen molar-refractivity contribution in [2.45, 2.75) is 9.79 Å². The summed E-state index contributed by atoms with van der Waals surface area (Å²) >= 11 is 14.3. The summed E-state index contributed by atoms with van der Waals surface area (Å²) in [5.41, 5.74) is 1.21. The molecule has 0 radical (unpaired) electrons. The minimum atomic E-state index is -0.509. The lowest BCUT2D eigenvalue weighted by Crippen LogP contribution is -2.36. The van der Waals surface area contributed by atoms with E-state index in [9.17, 15) is 14.4 Å². The third kappa shape index (κ3) is 5.81. The Kier molecular flexibility index (Phi) is 7.45. The molecule has 1 aliphatic rings. The average molecular weight is 515 g/mol. The molecule has 4 rings (SSSR count). The van der Waals surface area contributed by atoms with E-state index >= 15 is 0 Å². The van der Waals surface area contributed by atoms with Crippen LogP contribution < -0.4 is 5.32 Å². The van der Waals surface area contributed by atoms with Gasteiger partial charge in [-0.1, -0.05) is 65.3 Å². The van der Waals surface area contributed by atoms with Crippen LogP contribution in [0.15, 0.2) is 87.5 Å². The number of hydrogen-bond acceptors (Lipinski definition) is 5. The first-order chi connectivity index (χ1) is 15.9. The van der Waals surface area contributed by atoms with Crippen molar-refractivity contribution in [1.82, 2.24) is 4.90 Å². The number of rotatable bonds is 6. The van der Waals surface area contributed by atoms with Crippen LogP contribution in [0.1, 0.15) is 5.56 Å². The third-order valence-electron chi connectivity index (χ3n) is 4.57. The topological polar surface area (TPSA) is 66.5 Å². The minimum absolute atomic E-state index is 0.259. The average Bonchev–Trinajstić information content (AvgIpc) is 3.05. The normalized spacial score (nSPS) is 14.7. The zero-order valence-electron chi connectivity index (χ0n) is 17.0. The van der Waals surface area contributed by atoms with Crippen molar-refractivity contribution in [1.29, 1.82) is 0 Å². The van der Waals surface area contributed by atoms with E-state index in [0.717, 1.165) is 32.0 Å². The first-order valence-corrected chi connectivity index (χ1v) is 12.1. The number of carbonyl (C=O) groups excluding carboxylic acids is 3. The zero-order chi connectivity index (χ0) is 23.4. The molecule has 9 heteroatoms. The van der Waals surface area contributed by atoms with Crippen LogP contribution >= 0.6 is 46.7 Å². The molecule has 0 bridgehead atoms. The highest BCUT2D eigenvalue weighted by molar-refractivity contribution is 8.18. The molecule has 166 valence electrons. The maximum Gasteiger partial charge on any atom is 0.294 e. The molecule has 0 unspecified atom stereocenters. The summed E-state index contributed by atoms with van der Waals surface area (Å²) in [5, 5.41) is 3.15. The molecule has 0 saturated carbocycles. The van der Waals surface area contributed by atoms with Crippen LogP contribution in [0.2, 0.25) is 10.0 Å². The SMILES string of the molecule is O=C(CN1C(=O)S/C(=C\c2ccccc2Sc2ccc(Cl)cc2)C1=O)Nc1ccccc1Cl. The van der Waals surface area contributed by atoms with Gasteiger partial charge in [0.05, 0.1) is 15.6 Å².